The van der Waals surface area contributed by atoms with Gasteiger partial charge in [-0.15, -0.1) is 11.3 Å². The minimum absolute atomic E-state index is 0.127. The largest absolute Gasteiger partial charge is 0.496 e. The van der Waals surface area contributed by atoms with Gasteiger partial charge in [-0.05, 0) is 44.9 Å². The smallest absolute Gasteiger partial charge is 0.259 e. The van der Waals surface area contributed by atoms with Gasteiger partial charge in [0.05, 0.1) is 41.5 Å². The number of thiophene rings is 1. The summed E-state index contributed by atoms with van der Waals surface area (Å²) in [5.41, 5.74) is 2.53. The third-order valence-electron chi connectivity index (χ3n) is 6.05. The number of hydrogen-bond donors (Lipinski definition) is 1. The maximum absolute atomic E-state index is 12.9. The van der Waals surface area contributed by atoms with Crippen molar-refractivity contribution in [2.75, 3.05) is 60.4 Å². The molecule has 9 nitrogen and oxygen atoms in total. The van der Waals surface area contributed by atoms with Crippen molar-refractivity contribution in [1.29, 1.82) is 0 Å². The molecular weight excluding hydrogens is 468 g/mol. The summed E-state index contributed by atoms with van der Waals surface area (Å²) < 4.78 is 19.4. The number of nitrogens with one attached hydrogen (secondary N) is 1. The number of nitrogens with zero attached hydrogens (tertiary/aromatic N) is 3. The van der Waals surface area contributed by atoms with E-state index in [0.29, 0.717) is 41.6 Å². The summed E-state index contributed by atoms with van der Waals surface area (Å²) >= 11 is 1.37. The van der Waals surface area contributed by atoms with Crippen molar-refractivity contribution in [1.82, 2.24) is 14.4 Å². The lowest BCUT2D eigenvalue weighted by molar-refractivity contribution is -0.132. The van der Waals surface area contributed by atoms with Crippen molar-refractivity contribution >= 4 is 32.3 Å². The first-order chi connectivity index (χ1) is 16.7. The van der Waals surface area contributed by atoms with E-state index in [0.717, 1.165) is 27.9 Å². The molecule has 3 aromatic rings. The molecule has 1 aliphatic rings. The molecule has 188 valence electrons. The number of aromatic nitrogens is 1. The number of amides is 1. The Morgan fingerprint density at radius 2 is 1.89 bits per heavy atom. The van der Waals surface area contributed by atoms with Crippen molar-refractivity contribution in [3.05, 3.63) is 40.3 Å². The number of rotatable bonds is 7. The minimum Gasteiger partial charge on any atom is -0.496 e. The summed E-state index contributed by atoms with van der Waals surface area (Å²) in [5, 5.41) is 4.10. The van der Waals surface area contributed by atoms with E-state index in [1.165, 1.54) is 11.3 Å². The first-order valence-corrected chi connectivity index (χ1v) is 12.2. The summed E-state index contributed by atoms with van der Waals surface area (Å²) in [7, 11) is 10.9. The molecule has 1 fully saturated rings. The Labute approximate surface area is 208 Å². The number of carbonyl (C=O) groups excluding carboxylic acids is 1. The van der Waals surface area contributed by atoms with E-state index in [9.17, 15) is 9.59 Å². The lowest BCUT2D eigenvalue weighted by Gasteiger charge is -2.28. The summed E-state index contributed by atoms with van der Waals surface area (Å²) in [5.74, 6) is 1.20. The number of anilines is 1. The monoisotopic (exact) mass is 500 g/mol. The quantitative estimate of drug-likeness (QED) is 0.534. The molecule has 0 saturated carbocycles. The van der Waals surface area contributed by atoms with Crippen molar-refractivity contribution in [3.63, 3.8) is 0 Å². The first kappa shape index (κ1) is 25.2. The van der Waals surface area contributed by atoms with Gasteiger partial charge in [-0.2, -0.15) is 0 Å². The van der Waals surface area contributed by atoms with Crippen LogP contribution in [0.3, 0.4) is 0 Å². The lowest BCUT2D eigenvalue weighted by atomic mass is 10.0. The second-order valence-corrected chi connectivity index (χ2v) is 10.1. The zero-order valence-corrected chi connectivity index (χ0v) is 21.8. The molecule has 1 saturated heterocycles. The van der Waals surface area contributed by atoms with Gasteiger partial charge in [0.15, 0.2) is 0 Å². The Balaban J connectivity index is 1.77. The third-order valence-corrected chi connectivity index (χ3v) is 7.14. The van der Waals surface area contributed by atoms with Crippen LogP contribution < -0.4 is 20.3 Å². The van der Waals surface area contributed by atoms with Crippen LogP contribution in [0.2, 0.25) is 0 Å². The van der Waals surface area contributed by atoms with E-state index in [1.807, 2.05) is 44.4 Å². The highest BCUT2D eigenvalue weighted by atomic mass is 32.1. The molecule has 0 spiro atoms. The molecule has 0 radical (unpaired) electrons. The van der Waals surface area contributed by atoms with Crippen LogP contribution in [0.1, 0.15) is 5.56 Å². The Kier molecular flexibility index (Phi) is 7.46. The van der Waals surface area contributed by atoms with Gasteiger partial charge in [0.25, 0.3) is 11.5 Å². The molecule has 35 heavy (non-hydrogen) atoms. The molecule has 1 aliphatic heterocycles. The van der Waals surface area contributed by atoms with Gasteiger partial charge in [0.2, 0.25) is 0 Å². The number of carbonyl (C=O) groups is 1. The van der Waals surface area contributed by atoms with E-state index in [1.54, 1.807) is 31.9 Å². The fourth-order valence-electron chi connectivity index (χ4n) is 4.27. The molecule has 0 bridgehead atoms. The number of likely N-dealkylation sites (N-methyl/N-ethyl adjacent to an activating group) is 1. The zero-order chi connectivity index (χ0) is 25.3. The molecule has 1 aromatic carbocycles. The van der Waals surface area contributed by atoms with Crippen LogP contribution in [0.15, 0.2) is 29.2 Å². The molecule has 10 heteroatoms. The zero-order valence-electron chi connectivity index (χ0n) is 21.0. The van der Waals surface area contributed by atoms with Gasteiger partial charge in [-0.1, -0.05) is 0 Å². The summed E-state index contributed by atoms with van der Waals surface area (Å²) in [4.78, 5) is 29.9. The van der Waals surface area contributed by atoms with Crippen LogP contribution in [0.4, 0.5) is 5.00 Å². The van der Waals surface area contributed by atoms with Crippen LogP contribution in [0, 0.1) is 0 Å². The number of ether oxygens (including phenoxy) is 3. The number of pyridine rings is 1. The second-order valence-electron chi connectivity index (χ2n) is 9.02. The van der Waals surface area contributed by atoms with Gasteiger partial charge < -0.3 is 33.9 Å². The number of hydrogen-bond acceptors (Lipinski definition) is 8. The number of methoxy groups -OCH3 is 2. The third kappa shape index (κ3) is 5.20. The van der Waals surface area contributed by atoms with E-state index >= 15 is 0 Å². The number of fused-ring (bicyclic) bond motifs is 1. The molecule has 1 N–H and O–H groups in total. The Morgan fingerprint density at radius 1 is 1.20 bits per heavy atom. The van der Waals surface area contributed by atoms with E-state index in [-0.39, 0.29) is 11.5 Å². The topological polar surface area (TPSA) is 85.3 Å². The summed E-state index contributed by atoms with van der Waals surface area (Å²) in [6.07, 6.45) is 1.27. The minimum atomic E-state index is -0.543. The number of morpholine rings is 1. The Morgan fingerprint density at radius 3 is 2.49 bits per heavy atom. The van der Waals surface area contributed by atoms with Gasteiger partial charge in [-0.3, -0.25) is 9.59 Å². The highest BCUT2D eigenvalue weighted by Gasteiger charge is 2.26. The van der Waals surface area contributed by atoms with Crippen molar-refractivity contribution < 1.29 is 19.0 Å². The van der Waals surface area contributed by atoms with Crippen LogP contribution in [0.25, 0.3) is 21.2 Å². The average molecular weight is 501 g/mol. The van der Waals surface area contributed by atoms with Gasteiger partial charge in [0.1, 0.15) is 17.6 Å². The number of aryl methyl sites for hydroxylation is 1. The fourth-order valence-corrected chi connectivity index (χ4v) is 5.35. The lowest BCUT2D eigenvalue weighted by Crippen LogP contribution is -2.46. The number of benzene rings is 1. The van der Waals surface area contributed by atoms with Gasteiger partial charge >= 0.3 is 0 Å². The van der Waals surface area contributed by atoms with Crippen LogP contribution >= 0.6 is 11.3 Å². The highest BCUT2D eigenvalue weighted by molar-refractivity contribution is 7.23. The Bertz CT molecular complexity index is 1270. The van der Waals surface area contributed by atoms with E-state index in [2.05, 4.69) is 10.2 Å². The highest BCUT2D eigenvalue weighted by Crippen LogP contribution is 2.40. The Hall–Kier alpha value is -2.92. The van der Waals surface area contributed by atoms with E-state index in [4.69, 9.17) is 14.2 Å². The van der Waals surface area contributed by atoms with Gasteiger partial charge in [-0.25, -0.2) is 0 Å². The average Bonchev–Trinajstić information content (AvgIpc) is 3.25. The van der Waals surface area contributed by atoms with Gasteiger partial charge in [0, 0.05) is 38.4 Å². The maximum Gasteiger partial charge on any atom is 0.259 e. The maximum atomic E-state index is 12.9. The summed E-state index contributed by atoms with van der Waals surface area (Å²) in [6.45, 7) is 2.50. The molecule has 4 rings (SSSR count). The molecule has 1 atom stereocenters. The molecular formula is C25H32N4O5S. The normalized spacial score (nSPS) is 16.6. The van der Waals surface area contributed by atoms with E-state index < -0.39 is 6.10 Å². The standard InChI is InChI=1S/C25H32N4O5S/c1-27(2)12-18-19(32-5)9-15(10-20(18)33-6)17-13-29(4)25(31)16-11-22(35-23(16)17)26-24(30)21-14-28(3)7-8-34-21/h9-11,13,21H,7-8,12,14H2,1-6H3,(H,26,30). The molecule has 2 aromatic heterocycles. The van der Waals surface area contributed by atoms with Crippen molar-refractivity contribution in [3.8, 4) is 22.6 Å². The molecule has 3 heterocycles. The summed E-state index contributed by atoms with van der Waals surface area (Å²) in [6, 6.07) is 5.67. The van der Waals surface area contributed by atoms with Crippen LogP contribution in [-0.2, 0) is 23.1 Å². The fraction of sp³-hybridized carbons (Fsp3) is 0.440. The second kappa shape index (κ2) is 10.4. The van der Waals surface area contributed by atoms with Crippen molar-refractivity contribution in [2.24, 2.45) is 7.05 Å². The predicted octanol–water partition coefficient (Wildman–Crippen LogP) is 2.61. The van der Waals surface area contributed by atoms with Crippen LogP contribution in [-0.4, -0.2) is 81.4 Å². The predicted molar refractivity (Wildman–Crippen MR) is 139 cm³/mol. The molecule has 1 unspecified atom stereocenters. The molecule has 0 aliphatic carbocycles. The first-order valence-electron chi connectivity index (χ1n) is 11.4. The SMILES string of the molecule is COc1cc(-c2cn(C)c(=O)c3cc(NC(=O)C4CN(C)CCO4)sc23)cc(OC)c1CN(C)C. The van der Waals surface area contributed by atoms with Crippen LogP contribution in [0.5, 0.6) is 11.5 Å². The van der Waals surface area contributed by atoms with Crippen molar-refractivity contribution in [2.45, 2.75) is 12.6 Å². The molecule has 1 amide bonds.